The number of anilines is 2. The number of alkyl halides is 1. The Balaban J connectivity index is 1.58. The number of amides is 4. The molecule has 0 aromatic heterocycles. The molecule has 0 spiro atoms. The fraction of sp³-hybridized carbons (Fsp3) is 0.387. The number of esters is 1. The normalized spacial score (nSPS) is 32.6. The van der Waals surface area contributed by atoms with Crippen molar-refractivity contribution in [2.75, 3.05) is 16.4 Å². The van der Waals surface area contributed by atoms with E-state index in [4.69, 9.17) is 4.74 Å². The van der Waals surface area contributed by atoms with Gasteiger partial charge in [0.25, 0.3) is 0 Å². The van der Waals surface area contributed by atoms with Gasteiger partial charge in [0.1, 0.15) is 0 Å². The molecule has 4 amide bonds. The number of imide groups is 2. The molecule has 8 nitrogen and oxygen atoms in total. The van der Waals surface area contributed by atoms with Gasteiger partial charge in [0.05, 0.1) is 46.0 Å². The molecule has 5 aliphatic rings. The Morgan fingerprint density at radius 1 is 0.750 bits per heavy atom. The maximum absolute atomic E-state index is 14.3. The van der Waals surface area contributed by atoms with Gasteiger partial charge in [-0.15, -0.1) is 0 Å². The summed E-state index contributed by atoms with van der Waals surface area (Å²) in [5.41, 5.74) is 1.94. The van der Waals surface area contributed by atoms with E-state index in [2.05, 4.69) is 15.9 Å². The number of aryl methyl sites for hydroxylation is 2. The van der Waals surface area contributed by atoms with E-state index >= 15 is 0 Å². The Morgan fingerprint density at radius 2 is 1.12 bits per heavy atom. The summed E-state index contributed by atoms with van der Waals surface area (Å²) in [7, 11) is 0. The van der Waals surface area contributed by atoms with E-state index in [1.54, 1.807) is 45.0 Å². The number of allylic oxidation sites excluding steroid dienone is 1. The van der Waals surface area contributed by atoms with Crippen molar-refractivity contribution in [1.29, 1.82) is 0 Å². The molecule has 6 atom stereocenters. The van der Waals surface area contributed by atoms with Crippen molar-refractivity contribution < 1.29 is 28.7 Å². The molecule has 0 N–H and O–H groups in total. The summed E-state index contributed by atoms with van der Waals surface area (Å²) in [6, 6.07) is 14.1. The second-order valence-corrected chi connectivity index (χ2v) is 12.7. The van der Waals surface area contributed by atoms with Gasteiger partial charge < -0.3 is 4.74 Å². The third-order valence-corrected chi connectivity index (χ3v) is 10.9. The zero-order valence-electron chi connectivity index (χ0n) is 22.9. The molecular weight excluding hydrogens is 576 g/mol. The average molecular weight is 605 g/mol. The SMILES string of the molecule is CCOC(=O)C1=C(C)C2(Br)[C@@H]3C(=O)N(c4ccc(C)cc4)C(=O)[C@@H]3C1(C)[C@@H]1C(=O)N(c3ccc(C)cc3)C(=O)[C@@H]12. The molecule has 3 aliphatic carbocycles. The van der Waals surface area contributed by atoms with Crippen LogP contribution in [0.4, 0.5) is 11.4 Å². The van der Waals surface area contributed by atoms with Crippen LogP contribution >= 0.6 is 15.9 Å². The lowest BCUT2D eigenvalue weighted by atomic mass is 9.43. The topological polar surface area (TPSA) is 101 Å². The Kier molecular flexibility index (Phi) is 5.79. The zero-order valence-corrected chi connectivity index (χ0v) is 24.4. The van der Waals surface area contributed by atoms with E-state index in [9.17, 15) is 24.0 Å². The van der Waals surface area contributed by atoms with E-state index in [1.165, 1.54) is 0 Å². The molecule has 7 rings (SSSR count). The van der Waals surface area contributed by atoms with Crippen molar-refractivity contribution >= 4 is 56.9 Å². The molecule has 1 saturated carbocycles. The maximum atomic E-state index is 14.3. The van der Waals surface area contributed by atoms with Gasteiger partial charge >= 0.3 is 5.97 Å². The van der Waals surface area contributed by atoms with Gasteiger partial charge in [0, 0.05) is 11.0 Å². The van der Waals surface area contributed by atoms with Crippen LogP contribution in [-0.2, 0) is 28.7 Å². The fourth-order valence-corrected chi connectivity index (χ4v) is 8.75. The monoisotopic (exact) mass is 604 g/mol. The number of hydrogen-bond donors (Lipinski definition) is 0. The van der Waals surface area contributed by atoms with Gasteiger partial charge in [-0.3, -0.25) is 19.2 Å². The van der Waals surface area contributed by atoms with E-state index in [0.717, 1.165) is 20.9 Å². The first-order valence-electron chi connectivity index (χ1n) is 13.4. The maximum Gasteiger partial charge on any atom is 0.334 e. The van der Waals surface area contributed by atoms with Crippen LogP contribution in [0.2, 0.25) is 0 Å². The third-order valence-electron chi connectivity index (χ3n) is 9.36. The highest BCUT2D eigenvalue weighted by molar-refractivity contribution is 9.10. The Morgan fingerprint density at radius 3 is 1.50 bits per heavy atom. The summed E-state index contributed by atoms with van der Waals surface area (Å²) in [5, 5.41) is 0. The minimum absolute atomic E-state index is 0.0912. The smallest absolute Gasteiger partial charge is 0.334 e. The average Bonchev–Trinajstić information content (AvgIpc) is 3.34. The van der Waals surface area contributed by atoms with Crippen molar-refractivity contribution in [2.45, 2.75) is 38.9 Å². The minimum atomic E-state index is -1.46. The lowest BCUT2D eigenvalue weighted by Gasteiger charge is -2.59. The van der Waals surface area contributed by atoms with Crippen molar-refractivity contribution in [2.24, 2.45) is 29.1 Å². The number of ether oxygens (including phenoxy) is 1. The van der Waals surface area contributed by atoms with E-state index < -0.39 is 63.0 Å². The first kappa shape index (κ1) is 26.6. The van der Waals surface area contributed by atoms with Gasteiger partial charge in [-0.2, -0.15) is 0 Å². The number of carbonyl (C=O) groups excluding carboxylic acids is 5. The molecule has 2 aromatic rings. The number of halogens is 1. The highest BCUT2D eigenvalue weighted by Crippen LogP contribution is 2.72. The van der Waals surface area contributed by atoms with Gasteiger partial charge in [0.15, 0.2) is 0 Å². The molecular formula is C31H29BrN2O6. The molecule has 2 aromatic carbocycles. The predicted molar refractivity (Wildman–Crippen MR) is 150 cm³/mol. The van der Waals surface area contributed by atoms with Crippen LogP contribution in [-0.4, -0.2) is 40.5 Å². The predicted octanol–water partition coefficient (Wildman–Crippen LogP) is 4.26. The third kappa shape index (κ3) is 3.09. The number of carbonyl (C=O) groups is 5. The highest BCUT2D eigenvalue weighted by atomic mass is 79.9. The zero-order chi connectivity index (χ0) is 28.9. The summed E-state index contributed by atoms with van der Waals surface area (Å²) in [5.74, 6) is -6.67. The lowest BCUT2D eigenvalue weighted by molar-refractivity contribution is -0.152. The fourth-order valence-electron chi connectivity index (χ4n) is 7.63. The standard InChI is InChI=1S/C31H29BrN2O6/c1-6-40-29(39)20-17(4)31(32)23-21(25(35)33(27(23)37)18-11-7-15(2)8-12-18)30(20,5)22-24(31)28(38)34(26(22)36)19-13-9-16(3)10-14-19/h7-14,21-24H,6H2,1-5H3/t21-,22+,23+,24-,30?,31?. The molecule has 40 heavy (non-hydrogen) atoms. The minimum Gasteiger partial charge on any atom is -0.463 e. The number of nitrogens with zero attached hydrogens (tertiary/aromatic N) is 2. The molecule has 9 heteroatoms. The van der Waals surface area contributed by atoms with Crippen molar-refractivity contribution in [1.82, 2.24) is 0 Å². The molecule has 0 radical (unpaired) electrons. The van der Waals surface area contributed by atoms with Crippen LogP contribution in [0.15, 0.2) is 59.7 Å². The molecule has 2 unspecified atom stereocenters. The van der Waals surface area contributed by atoms with Gasteiger partial charge in [-0.25, -0.2) is 14.6 Å². The Labute approximate surface area is 240 Å². The summed E-state index contributed by atoms with van der Waals surface area (Å²) < 4.78 is 4.00. The second kappa shape index (κ2) is 8.70. The van der Waals surface area contributed by atoms with E-state index in [1.807, 2.05) is 38.1 Å². The largest absolute Gasteiger partial charge is 0.463 e. The van der Waals surface area contributed by atoms with E-state index in [0.29, 0.717) is 16.9 Å². The summed E-state index contributed by atoms with van der Waals surface area (Å²) in [6.45, 7) is 8.96. The van der Waals surface area contributed by atoms with Gasteiger partial charge in [-0.1, -0.05) is 58.2 Å². The van der Waals surface area contributed by atoms with Crippen LogP contribution in [0.3, 0.4) is 0 Å². The molecule has 2 aliphatic heterocycles. The Bertz CT molecular complexity index is 1450. The van der Waals surface area contributed by atoms with E-state index in [-0.39, 0.29) is 12.2 Å². The Hall–Kier alpha value is -3.59. The number of rotatable bonds is 4. The number of benzene rings is 2. The lowest BCUT2D eigenvalue weighted by Crippen LogP contribution is -2.67. The quantitative estimate of drug-likeness (QED) is 0.294. The van der Waals surface area contributed by atoms with Gasteiger partial charge in [-0.05, 0) is 57.5 Å². The molecule has 2 heterocycles. The summed E-state index contributed by atoms with van der Waals surface area (Å²) in [4.78, 5) is 72.8. The molecule has 3 fully saturated rings. The summed E-state index contributed by atoms with van der Waals surface area (Å²) in [6.07, 6.45) is 0. The summed E-state index contributed by atoms with van der Waals surface area (Å²) >= 11 is 3.79. The van der Waals surface area contributed by atoms with Crippen molar-refractivity contribution in [3.05, 3.63) is 70.8 Å². The van der Waals surface area contributed by atoms with Crippen LogP contribution in [0.1, 0.15) is 31.9 Å². The van der Waals surface area contributed by atoms with Crippen molar-refractivity contribution in [3.63, 3.8) is 0 Å². The molecule has 2 bridgehead atoms. The van der Waals surface area contributed by atoms with Gasteiger partial charge in [0.2, 0.25) is 23.6 Å². The first-order chi connectivity index (χ1) is 18.9. The van der Waals surface area contributed by atoms with Crippen LogP contribution < -0.4 is 9.80 Å². The number of hydrogen-bond acceptors (Lipinski definition) is 6. The van der Waals surface area contributed by atoms with Crippen LogP contribution in [0.25, 0.3) is 0 Å². The van der Waals surface area contributed by atoms with Crippen molar-refractivity contribution in [3.8, 4) is 0 Å². The molecule has 206 valence electrons. The second-order valence-electron chi connectivity index (χ2n) is 11.4. The van der Waals surface area contributed by atoms with Crippen LogP contribution in [0, 0.1) is 42.9 Å². The van der Waals surface area contributed by atoms with Crippen LogP contribution in [0.5, 0.6) is 0 Å². The molecule has 2 saturated heterocycles. The highest BCUT2D eigenvalue weighted by Gasteiger charge is 2.81. The first-order valence-corrected chi connectivity index (χ1v) is 14.2.